The first-order chi connectivity index (χ1) is 7.61. The lowest BCUT2D eigenvalue weighted by Gasteiger charge is -2.17. The lowest BCUT2D eigenvalue weighted by Crippen LogP contribution is -2.29. The van der Waals surface area contributed by atoms with Crippen LogP contribution in [0.25, 0.3) is 0 Å². The molecular weight excluding hydrogens is 206 g/mol. The lowest BCUT2D eigenvalue weighted by molar-refractivity contribution is 0.0198. The van der Waals surface area contributed by atoms with Crippen LogP contribution in [0.2, 0.25) is 0 Å². The topological polar surface area (TPSA) is 70.3 Å². The largest absolute Gasteiger partial charge is 0.389 e. The Morgan fingerprint density at radius 2 is 2.19 bits per heavy atom. The molecule has 16 heavy (non-hydrogen) atoms. The van der Waals surface area contributed by atoms with Gasteiger partial charge >= 0.3 is 0 Å². The van der Waals surface area contributed by atoms with Crippen molar-refractivity contribution in [3.05, 3.63) is 17.5 Å². The molecule has 2 unspecified atom stereocenters. The molecule has 0 spiro atoms. The number of rotatable bonds is 6. The number of hydrogen-bond donors (Lipinski definition) is 3. The van der Waals surface area contributed by atoms with Crippen molar-refractivity contribution in [1.29, 1.82) is 0 Å². The third-order valence-electron chi connectivity index (χ3n) is 2.67. The number of aliphatic hydroxyl groups is 2. The number of likely N-dealkylation sites (N-methyl/N-ethyl adjacent to an activating group) is 1. The van der Waals surface area contributed by atoms with Crippen LogP contribution in [-0.2, 0) is 6.54 Å². The van der Waals surface area contributed by atoms with Crippen LogP contribution in [0.1, 0.15) is 30.7 Å². The van der Waals surface area contributed by atoms with Gasteiger partial charge in [-0.1, -0.05) is 6.92 Å². The van der Waals surface area contributed by atoms with Crippen molar-refractivity contribution in [2.45, 2.75) is 39.0 Å². The molecule has 0 radical (unpaired) electrons. The van der Waals surface area contributed by atoms with Crippen molar-refractivity contribution in [2.24, 2.45) is 0 Å². The Morgan fingerprint density at radius 1 is 1.50 bits per heavy atom. The summed E-state index contributed by atoms with van der Waals surface area (Å²) in [6.45, 7) is 5.18. The van der Waals surface area contributed by atoms with Gasteiger partial charge in [0, 0.05) is 24.3 Å². The van der Waals surface area contributed by atoms with Gasteiger partial charge in [-0.3, -0.25) is 4.68 Å². The van der Waals surface area contributed by atoms with Gasteiger partial charge in [-0.05, 0) is 20.4 Å². The highest BCUT2D eigenvalue weighted by Crippen LogP contribution is 2.20. The van der Waals surface area contributed by atoms with Gasteiger partial charge in [0.1, 0.15) is 6.10 Å². The highest BCUT2D eigenvalue weighted by Gasteiger charge is 2.21. The number of hydrogen-bond acceptors (Lipinski definition) is 4. The molecule has 3 N–H and O–H groups in total. The van der Waals surface area contributed by atoms with E-state index in [0.29, 0.717) is 12.1 Å². The maximum atomic E-state index is 9.94. The minimum Gasteiger partial charge on any atom is -0.389 e. The van der Waals surface area contributed by atoms with Crippen molar-refractivity contribution in [2.75, 3.05) is 13.6 Å². The molecule has 0 saturated carbocycles. The Bertz CT molecular complexity index is 325. The third kappa shape index (κ3) is 2.81. The van der Waals surface area contributed by atoms with Crippen molar-refractivity contribution < 1.29 is 10.2 Å². The zero-order valence-electron chi connectivity index (χ0n) is 10.1. The molecule has 0 fully saturated rings. The maximum absolute atomic E-state index is 9.94. The molecule has 0 aliphatic carbocycles. The van der Waals surface area contributed by atoms with Crippen LogP contribution < -0.4 is 5.32 Å². The second-order valence-corrected chi connectivity index (χ2v) is 3.98. The van der Waals surface area contributed by atoms with Gasteiger partial charge in [-0.2, -0.15) is 5.10 Å². The molecule has 1 aromatic rings. The number of aliphatic hydroxyl groups excluding tert-OH is 2. The van der Waals surface area contributed by atoms with Gasteiger partial charge in [-0.25, -0.2) is 0 Å². The van der Waals surface area contributed by atoms with E-state index in [-0.39, 0.29) is 0 Å². The van der Waals surface area contributed by atoms with E-state index in [9.17, 15) is 10.2 Å². The van der Waals surface area contributed by atoms with E-state index in [0.717, 1.165) is 18.7 Å². The van der Waals surface area contributed by atoms with Crippen LogP contribution >= 0.6 is 0 Å². The molecule has 0 aliphatic heterocycles. The SMILES string of the molecule is CCCn1ncc(C(O)C(O)CNC)c1C. The molecule has 1 aromatic heterocycles. The van der Waals surface area contributed by atoms with Gasteiger partial charge in [0.15, 0.2) is 0 Å². The fourth-order valence-corrected chi connectivity index (χ4v) is 1.72. The van der Waals surface area contributed by atoms with E-state index in [4.69, 9.17) is 0 Å². The first-order valence-electron chi connectivity index (χ1n) is 5.64. The minimum absolute atomic E-state index is 0.361. The van der Waals surface area contributed by atoms with E-state index in [1.807, 2.05) is 11.6 Å². The van der Waals surface area contributed by atoms with Gasteiger partial charge in [0.2, 0.25) is 0 Å². The standard InChI is InChI=1S/C11H21N3O2/c1-4-5-14-8(2)9(6-13-14)11(16)10(15)7-12-3/h6,10-12,15-16H,4-5,7H2,1-3H3. The Balaban J connectivity index is 2.79. The summed E-state index contributed by atoms with van der Waals surface area (Å²) in [6.07, 6.45) is 0.951. The number of aryl methyl sites for hydroxylation is 1. The number of nitrogens with zero attached hydrogens (tertiary/aromatic N) is 2. The summed E-state index contributed by atoms with van der Waals surface area (Å²) in [5.41, 5.74) is 1.63. The normalized spacial score (nSPS) is 15.1. The minimum atomic E-state index is -0.877. The Kier molecular flexibility index (Phi) is 4.92. The fourth-order valence-electron chi connectivity index (χ4n) is 1.72. The van der Waals surface area contributed by atoms with Gasteiger partial charge in [-0.15, -0.1) is 0 Å². The molecule has 0 saturated heterocycles. The molecule has 0 bridgehead atoms. The second kappa shape index (κ2) is 5.98. The van der Waals surface area contributed by atoms with Gasteiger partial charge in [0.05, 0.1) is 12.3 Å². The smallest absolute Gasteiger partial charge is 0.109 e. The van der Waals surface area contributed by atoms with Crippen molar-refractivity contribution in [3.63, 3.8) is 0 Å². The molecule has 0 aromatic carbocycles. The molecule has 5 heteroatoms. The molecule has 2 atom stereocenters. The molecular formula is C11H21N3O2. The van der Waals surface area contributed by atoms with E-state index >= 15 is 0 Å². The van der Waals surface area contributed by atoms with Crippen molar-refractivity contribution >= 4 is 0 Å². The maximum Gasteiger partial charge on any atom is 0.109 e. The summed E-state index contributed by atoms with van der Waals surface area (Å²) >= 11 is 0. The van der Waals surface area contributed by atoms with E-state index in [1.54, 1.807) is 13.2 Å². The molecule has 92 valence electrons. The van der Waals surface area contributed by atoms with Crippen LogP contribution in [0, 0.1) is 6.92 Å². The molecule has 1 heterocycles. The average Bonchev–Trinajstić information content (AvgIpc) is 2.61. The summed E-state index contributed by atoms with van der Waals surface area (Å²) in [5, 5.41) is 26.7. The second-order valence-electron chi connectivity index (χ2n) is 3.98. The molecule has 5 nitrogen and oxygen atoms in total. The summed E-state index contributed by atoms with van der Waals surface area (Å²) in [4.78, 5) is 0. The van der Waals surface area contributed by atoms with Gasteiger partial charge in [0.25, 0.3) is 0 Å². The zero-order chi connectivity index (χ0) is 12.1. The van der Waals surface area contributed by atoms with Crippen molar-refractivity contribution in [3.8, 4) is 0 Å². The van der Waals surface area contributed by atoms with E-state index in [1.165, 1.54) is 0 Å². The summed E-state index contributed by atoms with van der Waals surface area (Å²) in [6, 6.07) is 0. The third-order valence-corrected chi connectivity index (χ3v) is 2.67. The fraction of sp³-hybridized carbons (Fsp3) is 0.727. The quantitative estimate of drug-likeness (QED) is 0.650. The first-order valence-corrected chi connectivity index (χ1v) is 5.64. The number of nitrogens with one attached hydrogen (secondary N) is 1. The van der Waals surface area contributed by atoms with Crippen LogP contribution in [0.4, 0.5) is 0 Å². The molecule has 1 rings (SSSR count). The number of aromatic nitrogens is 2. The van der Waals surface area contributed by atoms with E-state index < -0.39 is 12.2 Å². The zero-order valence-corrected chi connectivity index (χ0v) is 10.1. The predicted octanol–water partition coefficient (Wildman–Crippen LogP) is 0.215. The van der Waals surface area contributed by atoms with E-state index in [2.05, 4.69) is 17.3 Å². The summed E-state index contributed by atoms with van der Waals surface area (Å²) in [7, 11) is 1.74. The Morgan fingerprint density at radius 3 is 2.75 bits per heavy atom. The average molecular weight is 227 g/mol. The highest BCUT2D eigenvalue weighted by atomic mass is 16.3. The highest BCUT2D eigenvalue weighted by molar-refractivity contribution is 5.20. The van der Waals surface area contributed by atoms with Crippen molar-refractivity contribution in [1.82, 2.24) is 15.1 Å². The summed E-state index contributed by atoms with van der Waals surface area (Å²) in [5.74, 6) is 0. The van der Waals surface area contributed by atoms with Gasteiger partial charge < -0.3 is 15.5 Å². The molecule has 0 aliphatic rings. The monoisotopic (exact) mass is 227 g/mol. The predicted molar refractivity (Wildman–Crippen MR) is 62.1 cm³/mol. The molecule has 0 amide bonds. The van der Waals surface area contributed by atoms with Crippen LogP contribution in [-0.4, -0.2) is 39.7 Å². The van der Waals surface area contributed by atoms with Crippen LogP contribution in [0.15, 0.2) is 6.20 Å². The Labute approximate surface area is 96.1 Å². The Hall–Kier alpha value is -0.910. The first kappa shape index (κ1) is 13.2. The van der Waals surface area contributed by atoms with Crippen LogP contribution in [0.3, 0.4) is 0 Å². The lowest BCUT2D eigenvalue weighted by atomic mass is 10.1. The van der Waals surface area contributed by atoms with Crippen LogP contribution in [0.5, 0.6) is 0 Å². The summed E-state index contributed by atoms with van der Waals surface area (Å²) < 4.78 is 1.85.